The lowest BCUT2D eigenvalue weighted by atomic mass is 10.1. The minimum atomic E-state index is -0.915. The highest BCUT2D eigenvalue weighted by molar-refractivity contribution is 5.72. The van der Waals surface area contributed by atoms with E-state index in [0.717, 1.165) is 16.7 Å². The molecule has 0 aromatic heterocycles. The maximum atomic E-state index is 10.9. The van der Waals surface area contributed by atoms with Gasteiger partial charge in [0.2, 0.25) is 0 Å². The van der Waals surface area contributed by atoms with E-state index >= 15 is 0 Å². The second-order valence-electron chi connectivity index (χ2n) is 4.08. The van der Waals surface area contributed by atoms with Crippen LogP contribution in [0.15, 0.2) is 12.1 Å². The molecule has 3 nitrogen and oxygen atoms in total. The first-order valence-electron chi connectivity index (χ1n) is 5.43. The fourth-order valence-corrected chi connectivity index (χ4v) is 1.80. The van der Waals surface area contributed by atoms with Crippen LogP contribution in [0.25, 0.3) is 0 Å². The van der Waals surface area contributed by atoms with Gasteiger partial charge in [-0.1, -0.05) is 24.6 Å². The first-order valence-corrected chi connectivity index (χ1v) is 5.43. The van der Waals surface area contributed by atoms with E-state index < -0.39 is 12.1 Å². The van der Waals surface area contributed by atoms with E-state index in [1.165, 1.54) is 0 Å². The van der Waals surface area contributed by atoms with Gasteiger partial charge in [0.05, 0.1) is 0 Å². The van der Waals surface area contributed by atoms with Crippen LogP contribution in [0.4, 0.5) is 0 Å². The Bertz CT molecular complexity index is 373. The van der Waals surface area contributed by atoms with Gasteiger partial charge in [0.1, 0.15) is 5.75 Å². The molecule has 0 unspecified atom stereocenters. The molecule has 88 valence electrons. The van der Waals surface area contributed by atoms with Gasteiger partial charge in [-0.15, -0.1) is 0 Å². The zero-order valence-electron chi connectivity index (χ0n) is 10.2. The van der Waals surface area contributed by atoms with E-state index in [2.05, 4.69) is 0 Å². The minimum Gasteiger partial charge on any atom is -0.479 e. The van der Waals surface area contributed by atoms with Gasteiger partial charge in [-0.2, -0.15) is 0 Å². The Hall–Kier alpha value is -1.51. The van der Waals surface area contributed by atoms with E-state index in [-0.39, 0.29) is 0 Å². The molecule has 3 heteroatoms. The van der Waals surface area contributed by atoms with Crippen molar-refractivity contribution in [3.05, 3.63) is 28.8 Å². The molecule has 1 rings (SSSR count). The molecule has 1 N–H and O–H groups in total. The SMILES string of the molecule is CC[C@H](Oc1c(C)cc(C)cc1C)C(=O)O. The van der Waals surface area contributed by atoms with Crippen LogP contribution in [0, 0.1) is 20.8 Å². The highest BCUT2D eigenvalue weighted by Crippen LogP contribution is 2.26. The molecular formula is C13H18O3. The summed E-state index contributed by atoms with van der Waals surface area (Å²) in [5.41, 5.74) is 3.13. The van der Waals surface area contributed by atoms with Crippen LogP contribution in [-0.4, -0.2) is 17.2 Å². The van der Waals surface area contributed by atoms with Crippen molar-refractivity contribution in [1.29, 1.82) is 0 Å². The summed E-state index contributed by atoms with van der Waals surface area (Å²) >= 11 is 0. The van der Waals surface area contributed by atoms with Gasteiger partial charge in [-0.25, -0.2) is 4.79 Å². The number of ether oxygens (including phenoxy) is 1. The number of hydrogen-bond donors (Lipinski definition) is 1. The average Bonchev–Trinajstić information content (AvgIpc) is 2.15. The highest BCUT2D eigenvalue weighted by Gasteiger charge is 2.18. The summed E-state index contributed by atoms with van der Waals surface area (Å²) in [6.07, 6.45) is -0.303. The summed E-state index contributed by atoms with van der Waals surface area (Å²) in [5.74, 6) is -0.221. The van der Waals surface area contributed by atoms with Crippen molar-refractivity contribution in [3.8, 4) is 5.75 Å². The minimum absolute atomic E-state index is 0.460. The number of carboxylic acids is 1. The summed E-state index contributed by atoms with van der Waals surface area (Å²) in [5, 5.41) is 8.95. The third kappa shape index (κ3) is 2.75. The molecule has 0 spiro atoms. The Morgan fingerprint density at radius 2 is 1.81 bits per heavy atom. The summed E-state index contributed by atoms with van der Waals surface area (Å²) in [6.45, 7) is 7.68. The van der Waals surface area contributed by atoms with Crippen molar-refractivity contribution in [3.63, 3.8) is 0 Å². The summed E-state index contributed by atoms with van der Waals surface area (Å²) in [4.78, 5) is 10.9. The molecule has 0 heterocycles. The summed E-state index contributed by atoms with van der Waals surface area (Å²) < 4.78 is 5.54. The maximum Gasteiger partial charge on any atom is 0.344 e. The number of aliphatic carboxylic acids is 1. The van der Waals surface area contributed by atoms with Crippen molar-refractivity contribution in [1.82, 2.24) is 0 Å². The molecule has 1 aromatic rings. The molecule has 0 aliphatic carbocycles. The molecule has 0 aliphatic heterocycles. The number of rotatable bonds is 4. The van der Waals surface area contributed by atoms with Crippen LogP contribution in [0.2, 0.25) is 0 Å². The largest absolute Gasteiger partial charge is 0.479 e. The summed E-state index contributed by atoms with van der Waals surface area (Å²) in [6, 6.07) is 3.99. The van der Waals surface area contributed by atoms with Crippen LogP contribution < -0.4 is 4.74 Å². The second-order valence-corrected chi connectivity index (χ2v) is 4.08. The normalized spacial score (nSPS) is 12.2. The molecule has 0 fully saturated rings. The Labute approximate surface area is 96.1 Å². The highest BCUT2D eigenvalue weighted by atomic mass is 16.5. The van der Waals surface area contributed by atoms with Crippen LogP contribution in [0.3, 0.4) is 0 Å². The molecule has 0 saturated heterocycles. The Kier molecular flexibility index (Phi) is 3.93. The third-order valence-corrected chi connectivity index (χ3v) is 2.51. The lowest BCUT2D eigenvalue weighted by Gasteiger charge is -2.17. The van der Waals surface area contributed by atoms with Gasteiger partial charge in [-0.3, -0.25) is 0 Å². The number of aryl methyl sites for hydroxylation is 3. The Morgan fingerprint density at radius 3 is 2.19 bits per heavy atom. The molecule has 1 aromatic carbocycles. The predicted octanol–water partition coefficient (Wildman–Crippen LogP) is 2.85. The van der Waals surface area contributed by atoms with E-state index in [9.17, 15) is 4.79 Å². The van der Waals surface area contributed by atoms with Gasteiger partial charge in [0, 0.05) is 0 Å². The number of benzene rings is 1. The lowest BCUT2D eigenvalue weighted by Crippen LogP contribution is -2.26. The van der Waals surface area contributed by atoms with Gasteiger partial charge in [0.25, 0.3) is 0 Å². The Morgan fingerprint density at radius 1 is 1.31 bits per heavy atom. The zero-order valence-corrected chi connectivity index (χ0v) is 10.2. The van der Waals surface area contributed by atoms with E-state index in [0.29, 0.717) is 12.2 Å². The molecular weight excluding hydrogens is 204 g/mol. The molecule has 1 atom stereocenters. The zero-order chi connectivity index (χ0) is 12.3. The quantitative estimate of drug-likeness (QED) is 0.852. The number of carboxylic acid groups (broad SMARTS) is 1. The van der Waals surface area contributed by atoms with Gasteiger partial charge >= 0.3 is 5.97 Å². The molecule has 16 heavy (non-hydrogen) atoms. The van der Waals surface area contributed by atoms with E-state index in [1.807, 2.05) is 32.9 Å². The Balaban J connectivity index is 3.01. The fourth-order valence-electron chi connectivity index (χ4n) is 1.80. The molecule has 0 radical (unpaired) electrons. The van der Waals surface area contributed by atoms with Crippen LogP contribution in [-0.2, 0) is 4.79 Å². The van der Waals surface area contributed by atoms with Gasteiger partial charge in [-0.05, 0) is 38.3 Å². The van der Waals surface area contributed by atoms with Crippen molar-refractivity contribution in [2.45, 2.75) is 40.2 Å². The van der Waals surface area contributed by atoms with Gasteiger partial charge in [0.15, 0.2) is 6.10 Å². The fraction of sp³-hybridized carbons (Fsp3) is 0.462. The number of carbonyl (C=O) groups is 1. The number of hydrogen-bond acceptors (Lipinski definition) is 2. The van der Waals surface area contributed by atoms with E-state index in [1.54, 1.807) is 6.92 Å². The third-order valence-electron chi connectivity index (χ3n) is 2.51. The monoisotopic (exact) mass is 222 g/mol. The van der Waals surface area contributed by atoms with Crippen LogP contribution in [0.1, 0.15) is 30.0 Å². The molecule has 0 bridgehead atoms. The maximum absolute atomic E-state index is 10.9. The molecule has 0 saturated carbocycles. The van der Waals surface area contributed by atoms with Crippen LogP contribution in [0.5, 0.6) is 5.75 Å². The summed E-state index contributed by atoms with van der Waals surface area (Å²) in [7, 11) is 0. The van der Waals surface area contributed by atoms with E-state index in [4.69, 9.17) is 9.84 Å². The predicted molar refractivity (Wildman–Crippen MR) is 63.0 cm³/mol. The standard InChI is InChI=1S/C13H18O3/c1-5-11(13(14)15)16-12-9(3)6-8(2)7-10(12)4/h6-7,11H,5H2,1-4H3,(H,14,15)/t11-/m0/s1. The van der Waals surface area contributed by atoms with Crippen molar-refractivity contribution in [2.24, 2.45) is 0 Å². The second kappa shape index (κ2) is 5.01. The molecule has 0 amide bonds. The lowest BCUT2D eigenvalue weighted by molar-refractivity contribution is -0.145. The first kappa shape index (κ1) is 12.6. The van der Waals surface area contributed by atoms with Crippen molar-refractivity contribution >= 4 is 5.97 Å². The first-order chi connectivity index (χ1) is 7.45. The van der Waals surface area contributed by atoms with Crippen molar-refractivity contribution in [2.75, 3.05) is 0 Å². The van der Waals surface area contributed by atoms with Crippen LogP contribution >= 0.6 is 0 Å². The van der Waals surface area contributed by atoms with Gasteiger partial charge < -0.3 is 9.84 Å². The smallest absolute Gasteiger partial charge is 0.344 e. The average molecular weight is 222 g/mol. The molecule has 0 aliphatic rings. The topological polar surface area (TPSA) is 46.5 Å². The van der Waals surface area contributed by atoms with Crippen molar-refractivity contribution < 1.29 is 14.6 Å².